The van der Waals surface area contributed by atoms with Crippen LogP contribution in [-0.2, 0) is 16.0 Å². The second-order valence-corrected chi connectivity index (χ2v) is 5.37. The molecular weight excluding hydrogens is 294 g/mol. The van der Waals surface area contributed by atoms with Crippen LogP contribution in [0.25, 0.3) is 0 Å². The van der Waals surface area contributed by atoms with Crippen LogP contribution in [0.2, 0.25) is 0 Å². The Bertz CT molecular complexity index is 731. The molecule has 118 valence electrons. The molecule has 6 heteroatoms. The van der Waals surface area contributed by atoms with E-state index in [2.05, 4.69) is 15.6 Å². The number of nitrogens with one attached hydrogen (secondary N) is 2. The lowest BCUT2D eigenvalue weighted by molar-refractivity contribution is -0.122. The minimum absolute atomic E-state index is 0.0924. The lowest BCUT2D eigenvalue weighted by Gasteiger charge is -2.23. The average molecular weight is 311 g/mol. The molecule has 1 aromatic carbocycles. The quantitative estimate of drug-likeness (QED) is 0.908. The van der Waals surface area contributed by atoms with Crippen molar-refractivity contribution in [3.8, 4) is 5.75 Å². The van der Waals surface area contributed by atoms with Crippen molar-refractivity contribution in [1.82, 2.24) is 4.98 Å². The number of benzene rings is 1. The van der Waals surface area contributed by atoms with E-state index in [0.29, 0.717) is 30.0 Å². The van der Waals surface area contributed by atoms with Gasteiger partial charge in [0.2, 0.25) is 5.91 Å². The van der Waals surface area contributed by atoms with Crippen molar-refractivity contribution < 1.29 is 14.3 Å². The Labute approximate surface area is 133 Å². The molecule has 1 aliphatic heterocycles. The van der Waals surface area contributed by atoms with E-state index in [-0.39, 0.29) is 11.8 Å². The molecular formula is C17H17N3O3. The number of anilines is 2. The molecule has 2 aromatic rings. The normalized spacial score (nSPS) is 16.0. The summed E-state index contributed by atoms with van der Waals surface area (Å²) in [5.74, 6) is 0.313. The first-order chi connectivity index (χ1) is 11.1. The molecule has 3 rings (SSSR count). The van der Waals surface area contributed by atoms with Gasteiger partial charge >= 0.3 is 0 Å². The summed E-state index contributed by atoms with van der Waals surface area (Å²) in [5.41, 5.74) is 2.21. The number of carbonyl (C=O) groups is 2. The van der Waals surface area contributed by atoms with Gasteiger partial charge in [0.05, 0.1) is 5.69 Å². The Morgan fingerprint density at radius 3 is 3.04 bits per heavy atom. The Morgan fingerprint density at radius 2 is 2.26 bits per heavy atom. The first-order valence-electron chi connectivity index (χ1n) is 7.42. The van der Waals surface area contributed by atoms with Crippen molar-refractivity contribution in [2.75, 3.05) is 10.6 Å². The van der Waals surface area contributed by atoms with Gasteiger partial charge in [0, 0.05) is 24.5 Å². The predicted molar refractivity (Wildman–Crippen MR) is 86.3 cm³/mol. The van der Waals surface area contributed by atoms with E-state index in [1.807, 2.05) is 12.1 Å². The maximum Gasteiger partial charge on any atom is 0.265 e. The third kappa shape index (κ3) is 3.66. The van der Waals surface area contributed by atoms with E-state index < -0.39 is 6.10 Å². The highest BCUT2D eigenvalue weighted by Gasteiger charge is 2.23. The van der Waals surface area contributed by atoms with Crippen LogP contribution in [0.5, 0.6) is 5.75 Å². The highest BCUT2D eigenvalue weighted by atomic mass is 16.5. The van der Waals surface area contributed by atoms with Gasteiger partial charge in [0.1, 0.15) is 5.75 Å². The number of hydrogen-bond acceptors (Lipinski definition) is 4. The summed E-state index contributed by atoms with van der Waals surface area (Å²) in [4.78, 5) is 27.7. The van der Waals surface area contributed by atoms with Crippen LogP contribution in [0.3, 0.4) is 0 Å². The molecule has 1 aliphatic rings. The zero-order valence-electron chi connectivity index (χ0n) is 12.7. The number of rotatable bonds is 4. The van der Waals surface area contributed by atoms with Crippen LogP contribution in [0, 0.1) is 0 Å². The molecule has 23 heavy (non-hydrogen) atoms. The standard InChI is InChI=1S/C17H17N3O3/c1-11-17(22)20-14-9-13(5-6-15(14)23-11)19-16(21)7-4-12-3-2-8-18-10-12/h2-3,5-6,8-11H,4,7H2,1H3,(H,19,21)(H,20,22)/t11-/m0/s1. The van der Waals surface area contributed by atoms with E-state index in [1.165, 1.54) is 0 Å². The van der Waals surface area contributed by atoms with Crippen molar-refractivity contribution in [3.05, 3.63) is 48.3 Å². The summed E-state index contributed by atoms with van der Waals surface area (Å²) >= 11 is 0. The Hall–Kier alpha value is -2.89. The smallest absolute Gasteiger partial charge is 0.265 e. The summed E-state index contributed by atoms with van der Waals surface area (Å²) in [7, 11) is 0. The van der Waals surface area contributed by atoms with E-state index in [1.54, 1.807) is 37.5 Å². The van der Waals surface area contributed by atoms with Gasteiger partial charge in [0.25, 0.3) is 5.91 Å². The lowest BCUT2D eigenvalue weighted by atomic mass is 10.1. The Kier molecular flexibility index (Phi) is 4.23. The molecule has 2 amide bonds. The maximum atomic E-state index is 12.0. The molecule has 6 nitrogen and oxygen atoms in total. The van der Waals surface area contributed by atoms with Gasteiger partial charge in [-0.2, -0.15) is 0 Å². The summed E-state index contributed by atoms with van der Waals surface area (Å²) in [5, 5.41) is 5.58. The number of aromatic nitrogens is 1. The third-order valence-corrected chi connectivity index (χ3v) is 3.56. The average Bonchev–Trinajstić information content (AvgIpc) is 2.55. The molecule has 0 bridgehead atoms. The fourth-order valence-corrected chi connectivity index (χ4v) is 2.31. The number of pyridine rings is 1. The van der Waals surface area contributed by atoms with Crippen LogP contribution < -0.4 is 15.4 Å². The molecule has 1 atom stereocenters. The molecule has 0 saturated heterocycles. The Balaban J connectivity index is 1.61. The fraction of sp³-hybridized carbons (Fsp3) is 0.235. The molecule has 0 saturated carbocycles. The third-order valence-electron chi connectivity index (χ3n) is 3.56. The molecule has 2 heterocycles. The zero-order valence-corrected chi connectivity index (χ0v) is 12.7. The van der Waals surface area contributed by atoms with Crippen LogP contribution >= 0.6 is 0 Å². The number of nitrogens with zero attached hydrogens (tertiary/aromatic N) is 1. The van der Waals surface area contributed by atoms with E-state index >= 15 is 0 Å². The molecule has 2 N–H and O–H groups in total. The first kappa shape index (κ1) is 15.0. The zero-order chi connectivity index (χ0) is 16.2. The minimum Gasteiger partial charge on any atom is -0.479 e. The largest absolute Gasteiger partial charge is 0.479 e. The molecule has 0 spiro atoms. The summed E-state index contributed by atoms with van der Waals surface area (Å²) in [6, 6.07) is 8.97. The maximum absolute atomic E-state index is 12.0. The molecule has 0 aliphatic carbocycles. The molecule has 1 aromatic heterocycles. The number of aryl methyl sites for hydroxylation is 1. The monoisotopic (exact) mass is 311 g/mol. The second kappa shape index (κ2) is 6.48. The van der Waals surface area contributed by atoms with Gasteiger partial charge in [-0.15, -0.1) is 0 Å². The SMILES string of the molecule is C[C@@H]1Oc2ccc(NC(=O)CCc3cccnc3)cc2NC1=O. The van der Waals surface area contributed by atoms with Crippen LogP contribution in [0.4, 0.5) is 11.4 Å². The lowest BCUT2D eigenvalue weighted by Crippen LogP contribution is -2.34. The van der Waals surface area contributed by atoms with Crippen molar-refractivity contribution in [3.63, 3.8) is 0 Å². The number of ether oxygens (including phenoxy) is 1. The van der Waals surface area contributed by atoms with Gasteiger partial charge in [-0.05, 0) is 43.2 Å². The van der Waals surface area contributed by atoms with Gasteiger partial charge in [-0.25, -0.2) is 0 Å². The van der Waals surface area contributed by atoms with E-state index in [4.69, 9.17) is 4.74 Å². The minimum atomic E-state index is -0.512. The fourth-order valence-electron chi connectivity index (χ4n) is 2.31. The van der Waals surface area contributed by atoms with Gasteiger partial charge < -0.3 is 15.4 Å². The van der Waals surface area contributed by atoms with E-state index in [0.717, 1.165) is 5.56 Å². The van der Waals surface area contributed by atoms with Crippen LogP contribution in [-0.4, -0.2) is 22.9 Å². The number of amides is 2. The molecule has 0 fully saturated rings. The summed E-state index contributed by atoms with van der Waals surface area (Å²) < 4.78 is 5.48. The Morgan fingerprint density at radius 1 is 1.39 bits per heavy atom. The highest BCUT2D eigenvalue weighted by Crippen LogP contribution is 2.32. The summed E-state index contributed by atoms with van der Waals surface area (Å²) in [6.45, 7) is 1.69. The van der Waals surface area contributed by atoms with Gasteiger partial charge in [-0.3, -0.25) is 14.6 Å². The molecule has 0 radical (unpaired) electrons. The van der Waals surface area contributed by atoms with Gasteiger partial charge in [-0.1, -0.05) is 6.07 Å². The van der Waals surface area contributed by atoms with Gasteiger partial charge in [0.15, 0.2) is 6.10 Å². The van der Waals surface area contributed by atoms with Crippen LogP contribution in [0.1, 0.15) is 18.9 Å². The summed E-state index contributed by atoms with van der Waals surface area (Å²) in [6.07, 6.45) is 3.93. The topological polar surface area (TPSA) is 80.3 Å². The van der Waals surface area contributed by atoms with Crippen molar-refractivity contribution in [2.24, 2.45) is 0 Å². The second-order valence-electron chi connectivity index (χ2n) is 5.37. The molecule has 0 unspecified atom stereocenters. The predicted octanol–water partition coefficient (Wildman–Crippen LogP) is 2.37. The van der Waals surface area contributed by atoms with Crippen LogP contribution in [0.15, 0.2) is 42.7 Å². The van der Waals surface area contributed by atoms with Crippen molar-refractivity contribution >= 4 is 23.2 Å². The number of hydrogen-bond donors (Lipinski definition) is 2. The highest BCUT2D eigenvalue weighted by molar-refractivity contribution is 5.99. The number of fused-ring (bicyclic) bond motifs is 1. The van der Waals surface area contributed by atoms with Crippen molar-refractivity contribution in [2.45, 2.75) is 25.9 Å². The van der Waals surface area contributed by atoms with Crippen molar-refractivity contribution in [1.29, 1.82) is 0 Å². The number of carbonyl (C=O) groups excluding carboxylic acids is 2. The van der Waals surface area contributed by atoms with E-state index in [9.17, 15) is 9.59 Å². The first-order valence-corrected chi connectivity index (χ1v) is 7.42.